The van der Waals surface area contributed by atoms with Crippen LogP contribution >= 0.6 is 15.9 Å². The van der Waals surface area contributed by atoms with Crippen molar-refractivity contribution in [2.45, 2.75) is 17.4 Å². The van der Waals surface area contributed by atoms with Gasteiger partial charge in [-0.3, -0.25) is 0 Å². The van der Waals surface area contributed by atoms with Crippen LogP contribution < -0.4 is 4.72 Å². The fourth-order valence-electron chi connectivity index (χ4n) is 1.48. The Balaban J connectivity index is 2.90. The number of methoxy groups -OCH3 is 1. The molecule has 0 spiro atoms. The average Bonchev–Trinajstić information content (AvgIpc) is 2.29. The molecule has 102 valence electrons. The second-order valence-electron chi connectivity index (χ2n) is 3.72. The highest BCUT2D eigenvalue weighted by atomic mass is 79.9. The third-order valence-corrected chi connectivity index (χ3v) is 4.83. The van der Waals surface area contributed by atoms with Gasteiger partial charge in [0.25, 0.3) is 0 Å². The number of hydrogen-bond donors (Lipinski definition) is 2. The maximum atomic E-state index is 12.1. The van der Waals surface area contributed by atoms with Crippen molar-refractivity contribution in [1.82, 2.24) is 4.72 Å². The van der Waals surface area contributed by atoms with Crippen molar-refractivity contribution < 1.29 is 18.3 Å². The lowest BCUT2D eigenvalue weighted by Crippen LogP contribution is -2.38. The fourth-order valence-corrected chi connectivity index (χ4v) is 3.74. The number of halogens is 1. The van der Waals surface area contributed by atoms with Gasteiger partial charge in [0.05, 0.1) is 11.5 Å². The Morgan fingerprint density at radius 1 is 1.44 bits per heavy atom. The minimum Gasteiger partial charge on any atom is -0.396 e. The Morgan fingerprint density at radius 2 is 2.11 bits per heavy atom. The lowest BCUT2D eigenvalue weighted by Gasteiger charge is -2.17. The summed E-state index contributed by atoms with van der Waals surface area (Å²) in [5.41, 5.74) is 0. The van der Waals surface area contributed by atoms with E-state index in [0.29, 0.717) is 10.9 Å². The zero-order chi connectivity index (χ0) is 13.6. The van der Waals surface area contributed by atoms with Crippen molar-refractivity contribution in [3.63, 3.8) is 0 Å². The van der Waals surface area contributed by atoms with E-state index in [1.54, 1.807) is 18.2 Å². The fraction of sp³-hybridized carbons (Fsp3) is 0.455. The Hall–Kier alpha value is -0.470. The van der Waals surface area contributed by atoms with Gasteiger partial charge in [-0.2, -0.15) is 0 Å². The second kappa shape index (κ2) is 7.20. The van der Waals surface area contributed by atoms with Crippen LogP contribution in [0.4, 0.5) is 0 Å². The summed E-state index contributed by atoms with van der Waals surface area (Å²) in [5.74, 6) is 0. The van der Waals surface area contributed by atoms with E-state index in [2.05, 4.69) is 20.7 Å². The highest BCUT2D eigenvalue weighted by Crippen LogP contribution is 2.21. The highest BCUT2D eigenvalue weighted by Gasteiger charge is 2.21. The number of ether oxygens (including phenoxy) is 1. The molecule has 1 aromatic rings. The van der Waals surface area contributed by atoms with Gasteiger partial charge in [-0.25, -0.2) is 13.1 Å². The van der Waals surface area contributed by atoms with E-state index in [1.807, 2.05) is 0 Å². The molecule has 0 heterocycles. The van der Waals surface area contributed by atoms with Gasteiger partial charge in [0.1, 0.15) is 0 Å². The molecule has 0 saturated heterocycles. The van der Waals surface area contributed by atoms with Crippen molar-refractivity contribution >= 4 is 26.0 Å². The molecule has 0 bridgehead atoms. The molecule has 0 radical (unpaired) electrons. The van der Waals surface area contributed by atoms with E-state index >= 15 is 0 Å². The molecule has 0 aromatic heterocycles. The van der Waals surface area contributed by atoms with Gasteiger partial charge in [-0.1, -0.05) is 12.1 Å². The van der Waals surface area contributed by atoms with E-state index in [1.165, 1.54) is 13.2 Å². The molecule has 1 atom stereocenters. The van der Waals surface area contributed by atoms with Crippen molar-refractivity contribution in [1.29, 1.82) is 0 Å². The molecule has 1 unspecified atom stereocenters. The third kappa shape index (κ3) is 4.33. The van der Waals surface area contributed by atoms with Gasteiger partial charge in [0, 0.05) is 24.2 Å². The van der Waals surface area contributed by atoms with Gasteiger partial charge in [0.2, 0.25) is 10.0 Å². The van der Waals surface area contributed by atoms with Gasteiger partial charge >= 0.3 is 0 Å². The van der Waals surface area contributed by atoms with Crippen LogP contribution in [0.3, 0.4) is 0 Å². The van der Waals surface area contributed by atoms with Crippen LogP contribution in [0, 0.1) is 0 Å². The molecule has 0 saturated carbocycles. The Bertz CT molecular complexity index is 472. The van der Waals surface area contributed by atoms with Gasteiger partial charge in [0.15, 0.2) is 0 Å². The zero-order valence-corrected chi connectivity index (χ0v) is 12.4. The smallest absolute Gasteiger partial charge is 0.242 e. The first kappa shape index (κ1) is 15.6. The maximum Gasteiger partial charge on any atom is 0.242 e. The topological polar surface area (TPSA) is 75.6 Å². The van der Waals surface area contributed by atoms with E-state index in [4.69, 9.17) is 9.84 Å². The van der Waals surface area contributed by atoms with Crippen LogP contribution in [0.2, 0.25) is 0 Å². The summed E-state index contributed by atoms with van der Waals surface area (Å²) in [7, 11) is -2.14. The van der Waals surface area contributed by atoms with E-state index < -0.39 is 16.1 Å². The van der Waals surface area contributed by atoms with Crippen molar-refractivity contribution in [3.05, 3.63) is 28.7 Å². The van der Waals surface area contributed by atoms with Crippen molar-refractivity contribution in [2.24, 2.45) is 0 Å². The molecule has 0 aliphatic heterocycles. The Kier molecular flexibility index (Phi) is 6.24. The minimum absolute atomic E-state index is 0.105. The number of benzene rings is 1. The summed E-state index contributed by atoms with van der Waals surface area (Å²) in [4.78, 5) is 0.170. The number of nitrogens with one attached hydrogen (secondary N) is 1. The van der Waals surface area contributed by atoms with Crippen LogP contribution in [-0.2, 0) is 14.8 Å². The van der Waals surface area contributed by atoms with E-state index in [9.17, 15) is 8.42 Å². The van der Waals surface area contributed by atoms with E-state index in [0.717, 1.165) is 0 Å². The van der Waals surface area contributed by atoms with E-state index in [-0.39, 0.29) is 18.1 Å². The summed E-state index contributed by atoms with van der Waals surface area (Å²) in [5, 5.41) is 8.89. The van der Waals surface area contributed by atoms with Gasteiger partial charge in [-0.15, -0.1) is 0 Å². The summed E-state index contributed by atoms with van der Waals surface area (Å²) >= 11 is 3.20. The monoisotopic (exact) mass is 337 g/mol. The van der Waals surface area contributed by atoms with Crippen LogP contribution in [0.25, 0.3) is 0 Å². The first-order chi connectivity index (χ1) is 8.51. The molecule has 0 aliphatic rings. The predicted molar refractivity (Wildman–Crippen MR) is 71.8 cm³/mol. The lowest BCUT2D eigenvalue weighted by atomic mass is 10.2. The Labute approximate surface area is 115 Å². The van der Waals surface area contributed by atoms with Gasteiger partial charge in [-0.05, 0) is 34.5 Å². The summed E-state index contributed by atoms with van der Waals surface area (Å²) in [6, 6.07) is 6.11. The lowest BCUT2D eigenvalue weighted by molar-refractivity contribution is 0.158. The molecule has 0 amide bonds. The minimum atomic E-state index is -3.62. The highest BCUT2D eigenvalue weighted by molar-refractivity contribution is 9.10. The zero-order valence-electron chi connectivity index (χ0n) is 9.97. The van der Waals surface area contributed by atoms with Crippen LogP contribution in [-0.4, -0.2) is 39.9 Å². The van der Waals surface area contributed by atoms with Crippen molar-refractivity contribution in [3.8, 4) is 0 Å². The molecule has 0 aliphatic carbocycles. The quantitative estimate of drug-likeness (QED) is 0.781. The molecule has 5 nitrogen and oxygen atoms in total. The normalized spacial score (nSPS) is 13.5. The number of sulfonamides is 1. The molecular weight excluding hydrogens is 322 g/mol. The number of aliphatic hydroxyl groups is 1. The third-order valence-electron chi connectivity index (χ3n) is 2.29. The maximum absolute atomic E-state index is 12.1. The molecule has 7 heteroatoms. The molecule has 2 N–H and O–H groups in total. The number of hydrogen-bond acceptors (Lipinski definition) is 4. The molecular formula is C11H16BrNO4S. The summed E-state index contributed by atoms with van der Waals surface area (Å²) < 4.78 is 32.2. The second-order valence-corrected chi connectivity index (χ2v) is 6.25. The SMILES string of the molecule is COCC(CCO)NS(=O)(=O)c1ccccc1Br. The Morgan fingerprint density at radius 3 is 2.67 bits per heavy atom. The standard InChI is InChI=1S/C11H16BrNO4S/c1-17-8-9(6-7-14)13-18(15,16)11-5-3-2-4-10(11)12/h2-5,9,13-14H,6-8H2,1H3. The molecule has 1 aromatic carbocycles. The largest absolute Gasteiger partial charge is 0.396 e. The predicted octanol–water partition coefficient (Wildman–Crippen LogP) is 1.12. The first-order valence-electron chi connectivity index (χ1n) is 5.38. The van der Waals surface area contributed by atoms with Crippen LogP contribution in [0.5, 0.6) is 0 Å². The van der Waals surface area contributed by atoms with Gasteiger partial charge < -0.3 is 9.84 Å². The average molecular weight is 338 g/mol. The molecule has 0 fully saturated rings. The van der Waals surface area contributed by atoms with Crippen LogP contribution in [0.1, 0.15) is 6.42 Å². The molecule has 18 heavy (non-hydrogen) atoms. The summed E-state index contributed by atoms with van der Waals surface area (Å²) in [6.45, 7) is 0.108. The number of aliphatic hydroxyl groups excluding tert-OH is 1. The summed E-state index contributed by atoms with van der Waals surface area (Å²) in [6.07, 6.45) is 0.303. The van der Waals surface area contributed by atoms with Crippen molar-refractivity contribution in [2.75, 3.05) is 20.3 Å². The first-order valence-corrected chi connectivity index (χ1v) is 7.65. The van der Waals surface area contributed by atoms with Crippen LogP contribution in [0.15, 0.2) is 33.6 Å². The molecule has 1 rings (SSSR count). The number of rotatable bonds is 7.